The molecule has 0 aliphatic carbocycles. The molecule has 2 atom stereocenters. The van der Waals surface area contributed by atoms with Crippen molar-refractivity contribution in [2.24, 2.45) is 11.7 Å². The Morgan fingerprint density at radius 2 is 2.50 bits per heavy atom. The number of nitrogens with two attached hydrogens (primary N) is 1. The Kier molecular flexibility index (Phi) is 3.64. The number of carbonyl (C=O) groups is 1. The number of H-pyrrole nitrogens is 1. The van der Waals surface area contributed by atoms with Gasteiger partial charge in [0, 0.05) is 12.4 Å². The molecule has 1 aromatic rings. The first-order valence-corrected chi connectivity index (χ1v) is 4.71. The van der Waals surface area contributed by atoms with Gasteiger partial charge in [0.2, 0.25) is 11.9 Å². The summed E-state index contributed by atoms with van der Waals surface area (Å²) in [4.78, 5) is 18.2. The van der Waals surface area contributed by atoms with E-state index < -0.39 is 6.04 Å². The molecule has 1 aromatic heterocycles. The first-order valence-electron chi connectivity index (χ1n) is 4.71. The van der Waals surface area contributed by atoms with Crippen molar-refractivity contribution in [2.45, 2.75) is 26.3 Å². The summed E-state index contributed by atoms with van der Waals surface area (Å²) in [7, 11) is 0. The number of imidazole rings is 1. The van der Waals surface area contributed by atoms with Crippen LogP contribution in [0.5, 0.6) is 0 Å². The SMILES string of the molecule is CCC(C)[C@H](N)C(=O)Nc1ncc[nH]1. The van der Waals surface area contributed by atoms with Gasteiger partial charge >= 0.3 is 0 Å². The van der Waals surface area contributed by atoms with Gasteiger partial charge in [0.25, 0.3) is 0 Å². The number of aromatic amines is 1. The van der Waals surface area contributed by atoms with Crippen LogP contribution in [0.3, 0.4) is 0 Å². The van der Waals surface area contributed by atoms with Crippen LogP contribution in [0.4, 0.5) is 5.95 Å². The van der Waals surface area contributed by atoms with Gasteiger partial charge in [-0.15, -0.1) is 0 Å². The Morgan fingerprint density at radius 1 is 1.79 bits per heavy atom. The molecular weight excluding hydrogens is 180 g/mol. The van der Waals surface area contributed by atoms with E-state index >= 15 is 0 Å². The Morgan fingerprint density at radius 3 is 3.00 bits per heavy atom. The number of amides is 1. The minimum absolute atomic E-state index is 0.171. The maximum absolute atomic E-state index is 11.5. The lowest BCUT2D eigenvalue weighted by atomic mass is 10.00. The predicted molar refractivity (Wildman–Crippen MR) is 54.6 cm³/mol. The largest absolute Gasteiger partial charge is 0.331 e. The summed E-state index contributed by atoms with van der Waals surface area (Å²) < 4.78 is 0. The lowest BCUT2D eigenvalue weighted by molar-refractivity contribution is -0.118. The van der Waals surface area contributed by atoms with E-state index in [9.17, 15) is 4.79 Å². The van der Waals surface area contributed by atoms with E-state index in [1.54, 1.807) is 12.4 Å². The quantitative estimate of drug-likeness (QED) is 0.663. The van der Waals surface area contributed by atoms with E-state index in [2.05, 4.69) is 15.3 Å². The summed E-state index contributed by atoms with van der Waals surface area (Å²) in [5.74, 6) is 0.410. The van der Waals surface area contributed by atoms with E-state index in [0.717, 1.165) is 6.42 Å². The summed E-state index contributed by atoms with van der Waals surface area (Å²) in [6.07, 6.45) is 4.10. The average molecular weight is 196 g/mol. The second-order valence-electron chi connectivity index (χ2n) is 3.34. The molecule has 0 aliphatic rings. The van der Waals surface area contributed by atoms with Crippen LogP contribution in [0.25, 0.3) is 0 Å². The molecule has 1 amide bonds. The molecule has 78 valence electrons. The number of hydrogen-bond donors (Lipinski definition) is 3. The molecule has 14 heavy (non-hydrogen) atoms. The molecule has 0 fully saturated rings. The molecule has 0 saturated carbocycles. The number of carbonyl (C=O) groups excluding carboxylic acids is 1. The Balaban J connectivity index is 2.50. The Bertz CT molecular complexity index is 283. The summed E-state index contributed by atoms with van der Waals surface area (Å²) in [5, 5.41) is 2.61. The van der Waals surface area contributed by atoms with Crippen LogP contribution in [0.2, 0.25) is 0 Å². The summed E-state index contributed by atoms with van der Waals surface area (Å²) in [6.45, 7) is 3.96. The van der Waals surface area contributed by atoms with Crippen molar-refractivity contribution in [3.8, 4) is 0 Å². The lowest BCUT2D eigenvalue weighted by Crippen LogP contribution is -2.40. The summed E-state index contributed by atoms with van der Waals surface area (Å²) in [6, 6.07) is -0.481. The number of aromatic nitrogens is 2. The molecule has 1 heterocycles. The van der Waals surface area contributed by atoms with Gasteiger partial charge in [0.05, 0.1) is 6.04 Å². The van der Waals surface area contributed by atoms with Crippen molar-refractivity contribution in [3.63, 3.8) is 0 Å². The van der Waals surface area contributed by atoms with Crippen molar-refractivity contribution in [1.82, 2.24) is 9.97 Å². The first-order chi connectivity index (χ1) is 6.65. The van der Waals surface area contributed by atoms with Gasteiger partial charge in [-0.05, 0) is 5.92 Å². The van der Waals surface area contributed by atoms with E-state index in [1.807, 2.05) is 13.8 Å². The Labute approximate surface area is 83.1 Å². The maximum Gasteiger partial charge on any atom is 0.243 e. The predicted octanol–water partition coefficient (Wildman–Crippen LogP) is 0.722. The van der Waals surface area contributed by atoms with Gasteiger partial charge in [0.1, 0.15) is 0 Å². The molecule has 1 rings (SSSR count). The van der Waals surface area contributed by atoms with Crippen molar-refractivity contribution in [1.29, 1.82) is 0 Å². The van der Waals surface area contributed by atoms with Crippen molar-refractivity contribution in [2.75, 3.05) is 5.32 Å². The number of nitrogens with zero attached hydrogens (tertiary/aromatic N) is 1. The van der Waals surface area contributed by atoms with E-state index in [-0.39, 0.29) is 11.8 Å². The zero-order valence-corrected chi connectivity index (χ0v) is 8.45. The highest BCUT2D eigenvalue weighted by atomic mass is 16.2. The van der Waals surface area contributed by atoms with Gasteiger partial charge in [-0.2, -0.15) is 0 Å². The van der Waals surface area contributed by atoms with E-state index in [0.29, 0.717) is 5.95 Å². The molecule has 0 radical (unpaired) electrons. The van der Waals surface area contributed by atoms with Crippen LogP contribution in [0.1, 0.15) is 20.3 Å². The lowest BCUT2D eigenvalue weighted by Gasteiger charge is -2.16. The fourth-order valence-electron chi connectivity index (χ4n) is 1.05. The fraction of sp³-hybridized carbons (Fsp3) is 0.556. The van der Waals surface area contributed by atoms with Crippen LogP contribution in [-0.4, -0.2) is 21.9 Å². The smallest absolute Gasteiger partial charge is 0.243 e. The molecule has 4 N–H and O–H groups in total. The summed E-state index contributed by atoms with van der Waals surface area (Å²) in [5.41, 5.74) is 5.73. The van der Waals surface area contributed by atoms with Gasteiger partial charge < -0.3 is 10.7 Å². The highest BCUT2D eigenvalue weighted by molar-refractivity contribution is 5.93. The first kappa shape index (κ1) is 10.7. The maximum atomic E-state index is 11.5. The second-order valence-corrected chi connectivity index (χ2v) is 3.34. The zero-order chi connectivity index (χ0) is 10.6. The molecule has 0 saturated heterocycles. The van der Waals surface area contributed by atoms with Gasteiger partial charge in [-0.1, -0.05) is 20.3 Å². The fourth-order valence-corrected chi connectivity index (χ4v) is 1.05. The highest BCUT2D eigenvalue weighted by Gasteiger charge is 2.19. The van der Waals surface area contributed by atoms with Crippen molar-refractivity contribution in [3.05, 3.63) is 12.4 Å². The van der Waals surface area contributed by atoms with Crippen molar-refractivity contribution < 1.29 is 4.79 Å². The number of hydrogen-bond acceptors (Lipinski definition) is 3. The average Bonchev–Trinajstić information content (AvgIpc) is 2.68. The molecule has 0 aromatic carbocycles. The molecule has 1 unspecified atom stereocenters. The van der Waals surface area contributed by atoms with Crippen LogP contribution >= 0.6 is 0 Å². The molecule has 0 spiro atoms. The normalized spacial score (nSPS) is 14.8. The Hall–Kier alpha value is -1.36. The van der Waals surface area contributed by atoms with Crippen molar-refractivity contribution >= 4 is 11.9 Å². The number of rotatable bonds is 4. The minimum Gasteiger partial charge on any atom is -0.331 e. The van der Waals surface area contributed by atoms with Crippen LogP contribution in [0.15, 0.2) is 12.4 Å². The second kappa shape index (κ2) is 4.76. The third-order valence-electron chi connectivity index (χ3n) is 2.30. The van der Waals surface area contributed by atoms with Crippen LogP contribution < -0.4 is 11.1 Å². The summed E-state index contributed by atoms with van der Waals surface area (Å²) >= 11 is 0. The molecule has 5 heteroatoms. The third kappa shape index (κ3) is 2.56. The topological polar surface area (TPSA) is 83.8 Å². The van der Waals surface area contributed by atoms with E-state index in [1.165, 1.54) is 0 Å². The third-order valence-corrected chi connectivity index (χ3v) is 2.30. The highest BCUT2D eigenvalue weighted by Crippen LogP contribution is 2.07. The molecule has 5 nitrogen and oxygen atoms in total. The van der Waals surface area contributed by atoms with Gasteiger partial charge in [-0.3, -0.25) is 10.1 Å². The molecular formula is C9H16N4O. The van der Waals surface area contributed by atoms with Crippen LogP contribution in [-0.2, 0) is 4.79 Å². The monoisotopic (exact) mass is 196 g/mol. The zero-order valence-electron chi connectivity index (χ0n) is 8.45. The number of anilines is 1. The van der Waals surface area contributed by atoms with Gasteiger partial charge in [0.15, 0.2) is 0 Å². The van der Waals surface area contributed by atoms with Gasteiger partial charge in [-0.25, -0.2) is 4.98 Å². The molecule has 0 bridgehead atoms. The van der Waals surface area contributed by atoms with Crippen LogP contribution in [0, 0.1) is 5.92 Å². The van der Waals surface area contributed by atoms with E-state index in [4.69, 9.17) is 5.73 Å². The molecule has 0 aliphatic heterocycles. The standard InChI is InChI=1S/C9H16N4O/c1-3-6(2)7(10)8(14)13-9-11-4-5-12-9/h4-7H,3,10H2,1-2H3,(H2,11,12,13,14)/t6?,7-/m0/s1. The number of nitrogens with one attached hydrogen (secondary N) is 2. The minimum atomic E-state index is -0.481.